The third kappa shape index (κ3) is 3.74. The first kappa shape index (κ1) is 21.9. The lowest BCUT2D eigenvalue weighted by molar-refractivity contribution is -0.137. The summed E-state index contributed by atoms with van der Waals surface area (Å²) < 4.78 is 40.3. The van der Waals surface area contributed by atoms with E-state index in [4.69, 9.17) is 4.98 Å². The van der Waals surface area contributed by atoms with E-state index in [1.807, 2.05) is 11.5 Å². The number of alkyl halides is 3. The van der Waals surface area contributed by atoms with Crippen LogP contribution in [0.4, 0.5) is 19.0 Å². The Kier molecular flexibility index (Phi) is 5.47. The highest BCUT2D eigenvalue weighted by molar-refractivity contribution is 5.97. The van der Waals surface area contributed by atoms with E-state index >= 15 is 0 Å². The van der Waals surface area contributed by atoms with Crippen molar-refractivity contribution >= 4 is 11.6 Å². The number of fused-ring (bicyclic) bond motifs is 3. The van der Waals surface area contributed by atoms with Gasteiger partial charge in [-0.1, -0.05) is 19.1 Å². The summed E-state index contributed by atoms with van der Waals surface area (Å²) in [7, 11) is 0. The SMILES string of the molecule is CCC1c2nnc(C)n2-c2cnc(CC(=O)c3ccc(C(F)(F)F)cc3)nc2N1C(C)C. The number of benzene rings is 1. The van der Waals surface area contributed by atoms with E-state index in [-0.39, 0.29) is 29.9 Å². The molecule has 4 rings (SSSR count). The van der Waals surface area contributed by atoms with Crippen molar-refractivity contribution in [3.05, 3.63) is 59.1 Å². The molecule has 7 nitrogen and oxygen atoms in total. The second kappa shape index (κ2) is 7.99. The van der Waals surface area contributed by atoms with E-state index in [0.717, 1.165) is 35.9 Å². The van der Waals surface area contributed by atoms with Crippen molar-refractivity contribution in [3.8, 4) is 5.69 Å². The number of halogens is 3. The Labute approximate surface area is 183 Å². The van der Waals surface area contributed by atoms with Crippen LogP contribution in [0.1, 0.15) is 66.6 Å². The van der Waals surface area contributed by atoms with Gasteiger partial charge in [-0.25, -0.2) is 9.97 Å². The van der Waals surface area contributed by atoms with Crippen molar-refractivity contribution in [2.45, 2.75) is 58.8 Å². The lowest BCUT2D eigenvalue weighted by Crippen LogP contribution is -2.40. The van der Waals surface area contributed by atoms with E-state index in [1.165, 1.54) is 12.1 Å². The van der Waals surface area contributed by atoms with Gasteiger partial charge in [-0.05, 0) is 39.3 Å². The van der Waals surface area contributed by atoms with Gasteiger partial charge in [-0.2, -0.15) is 13.2 Å². The van der Waals surface area contributed by atoms with Crippen LogP contribution in [0.25, 0.3) is 5.69 Å². The molecule has 0 bridgehead atoms. The van der Waals surface area contributed by atoms with E-state index in [0.29, 0.717) is 11.6 Å². The Morgan fingerprint density at radius 2 is 1.84 bits per heavy atom. The highest BCUT2D eigenvalue weighted by Gasteiger charge is 2.36. The van der Waals surface area contributed by atoms with E-state index in [2.05, 4.69) is 40.9 Å². The smallest absolute Gasteiger partial charge is 0.342 e. The number of carbonyl (C=O) groups is 1. The minimum atomic E-state index is -4.45. The van der Waals surface area contributed by atoms with Crippen LogP contribution in [0, 0.1) is 6.92 Å². The van der Waals surface area contributed by atoms with Gasteiger partial charge in [0.25, 0.3) is 0 Å². The Bertz CT molecular complexity index is 1150. The van der Waals surface area contributed by atoms with Gasteiger partial charge in [-0.15, -0.1) is 10.2 Å². The molecule has 0 radical (unpaired) electrons. The van der Waals surface area contributed by atoms with Crippen LogP contribution in [0.3, 0.4) is 0 Å². The van der Waals surface area contributed by atoms with Gasteiger partial charge in [0.05, 0.1) is 24.2 Å². The number of aromatic nitrogens is 5. The maximum absolute atomic E-state index is 12.8. The van der Waals surface area contributed by atoms with E-state index in [1.54, 1.807) is 6.20 Å². The molecule has 0 saturated heterocycles. The summed E-state index contributed by atoms with van der Waals surface area (Å²) >= 11 is 0. The predicted molar refractivity (Wildman–Crippen MR) is 112 cm³/mol. The first-order valence-corrected chi connectivity index (χ1v) is 10.4. The van der Waals surface area contributed by atoms with Gasteiger partial charge in [-0.3, -0.25) is 9.36 Å². The second-order valence-electron chi connectivity index (χ2n) is 8.04. The fraction of sp³-hybridized carbons (Fsp3) is 0.409. The first-order chi connectivity index (χ1) is 15.1. The second-order valence-corrected chi connectivity index (χ2v) is 8.04. The zero-order valence-electron chi connectivity index (χ0n) is 18.2. The van der Waals surface area contributed by atoms with E-state index < -0.39 is 11.7 Å². The summed E-state index contributed by atoms with van der Waals surface area (Å²) in [6.45, 7) is 8.04. The zero-order valence-corrected chi connectivity index (χ0v) is 18.2. The number of rotatable bonds is 5. The highest BCUT2D eigenvalue weighted by atomic mass is 19.4. The molecular formula is C22H23F3N6O. The van der Waals surface area contributed by atoms with Gasteiger partial charge in [0.15, 0.2) is 17.4 Å². The largest absolute Gasteiger partial charge is 0.416 e. The topological polar surface area (TPSA) is 76.8 Å². The number of Topliss-reactive ketones (excluding diaryl/α,β-unsaturated/α-hetero) is 1. The quantitative estimate of drug-likeness (QED) is 0.540. The lowest BCUT2D eigenvalue weighted by atomic mass is 10.0. The predicted octanol–water partition coefficient (Wildman–Crippen LogP) is 4.49. The molecule has 3 aromatic rings. The standard InChI is InChI=1S/C22H23F3N6O/c1-5-16-21-29-28-13(4)31(21)17-11-26-19(27-20(17)30(16)12(2)3)10-18(32)14-6-8-15(9-7-14)22(23,24)25/h6-9,11-12,16H,5,10H2,1-4H3. The minimum absolute atomic E-state index is 0.0305. The summed E-state index contributed by atoms with van der Waals surface area (Å²) in [5.74, 6) is 2.19. The molecule has 1 aliphatic heterocycles. The molecule has 1 aromatic carbocycles. The number of hydrogen-bond acceptors (Lipinski definition) is 6. The molecule has 1 aliphatic rings. The third-order valence-corrected chi connectivity index (χ3v) is 5.57. The Hall–Kier alpha value is -3.30. The van der Waals surface area contributed by atoms with Crippen molar-refractivity contribution < 1.29 is 18.0 Å². The maximum atomic E-state index is 12.8. The van der Waals surface area contributed by atoms with Crippen LogP contribution in [-0.4, -0.2) is 36.6 Å². The normalized spacial score (nSPS) is 15.6. The number of ketones is 1. The van der Waals surface area contributed by atoms with E-state index in [9.17, 15) is 18.0 Å². The molecule has 1 atom stereocenters. The minimum Gasteiger partial charge on any atom is -0.342 e. The van der Waals surface area contributed by atoms with Crippen LogP contribution in [0.15, 0.2) is 30.5 Å². The molecule has 2 aromatic heterocycles. The number of aryl methyl sites for hydroxylation is 1. The average molecular weight is 444 g/mol. The monoisotopic (exact) mass is 444 g/mol. The van der Waals surface area contributed by atoms with Crippen molar-refractivity contribution in [1.82, 2.24) is 24.7 Å². The molecule has 3 heterocycles. The van der Waals surface area contributed by atoms with Crippen molar-refractivity contribution in [2.24, 2.45) is 0 Å². The molecule has 0 N–H and O–H groups in total. The Morgan fingerprint density at radius 3 is 2.44 bits per heavy atom. The van der Waals surface area contributed by atoms with Crippen LogP contribution >= 0.6 is 0 Å². The Morgan fingerprint density at radius 1 is 1.16 bits per heavy atom. The van der Waals surface area contributed by atoms with Crippen molar-refractivity contribution in [1.29, 1.82) is 0 Å². The molecule has 168 valence electrons. The molecule has 1 unspecified atom stereocenters. The molecule has 0 amide bonds. The molecule has 32 heavy (non-hydrogen) atoms. The number of anilines is 1. The average Bonchev–Trinajstić information content (AvgIpc) is 3.13. The van der Waals surface area contributed by atoms with Crippen molar-refractivity contribution in [2.75, 3.05) is 4.90 Å². The number of hydrogen-bond donors (Lipinski definition) is 0. The third-order valence-electron chi connectivity index (χ3n) is 5.57. The Balaban J connectivity index is 1.68. The fourth-order valence-electron chi connectivity index (χ4n) is 4.07. The van der Waals surface area contributed by atoms with Gasteiger partial charge >= 0.3 is 6.18 Å². The summed E-state index contributed by atoms with van der Waals surface area (Å²) in [6.07, 6.45) is -2.12. The zero-order chi connectivity index (χ0) is 23.2. The number of carbonyl (C=O) groups excluding carboxylic acids is 1. The van der Waals surface area contributed by atoms with Crippen molar-refractivity contribution in [3.63, 3.8) is 0 Å². The molecule has 0 spiro atoms. The summed E-state index contributed by atoms with van der Waals surface area (Å²) in [6, 6.07) is 4.26. The van der Waals surface area contributed by atoms with Crippen LogP contribution in [0.2, 0.25) is 0 Å². The highest BCUT2D eigenvalue weighted by Crippen LogP contribution is 2.39. The van der Waals surface area contributed by atoms with Gasteiger partial charge < -0.3 is 4.90 Å². The van der Waals surface area contributed by atoms with Crippen LogP contribution < -0.4 is 4.90 Å². The molecule has 0 fully saturated rings. The van der Waals surface area contributed by atoms with Crippen LogP contribution in [0.5, 0.6) is 0 Å². The van der Waals surface area contributed by atoms with Gasteiger partial charge in [0, 0.05) is 11.6 Å². The van der Waals surface area contributed by atoms with Gasteiger partial charge in [0.2, 0.25) is 0 Å². The summed E-state index contributed by atoms with van der Waals surface area (Å²) in [5.41, 5.74) is 0.132. The fourth-order valence-corrected chi connectivity index (χ4v) is 4.07. The lowest BCUT2D eigenvalue weighted by Gasteiger charge is -2.39. The van der Waals surface area contributed by atoms with Crippen LogP contribution in [-0.2, 0) is 12.6 Å². The summed E-state index contributed by atoms with van der Waals surface area (Å²) in [4.78, 5) is 23.9. The molecule has 10 heteroatoms. The molecular weight excluding hydrogens is 421 g/mol. The molecule has 0 saturated carbocycles. The van der Waals surface area contributed by atoms with Gasteiger partial charge in [0.1, 0.15) is 17.3 Å². The maximum Gasteiger partial charge on any atom is 0.416 e. The molecule has 0 aliphatic carbocycles. The number of nitrogens with zero attached hydrogens (tertiary/aromatic N) is 6. The summed E-state index contributed by atoms with van der Waals surface area (Å²) in [5, 5.41) is 8.58. The first-order valence-electron chi connectivity index (χ1n) is 10.4.